The summed E-state index contributed by atoms with van der Waals surface area (Å²) in [6.45, 7) is 3.29. The lowest BCUT2D eigenvalue weighted by Crippen LogP contribution is -2.41. The van der Waals surface area contributed by atoms with Crippen molar-refractivity contribution in [3.05, 3.63) is 47.7 Å². The van der Waals surface area contributed by atoms with Crippen LogP contribution in [0.25, 0.3) is 0 Å². The molecule has 1 aromatic carbocycles. The number of rotatable bonds is 8. The van der Waals surface area contributed by atoms with Gasteiger partial charge < -0.3 is 15.2 Å². The van der Waals surface area contributed by atoms with Gasteiger partial charge in [0.1, 0.15) is 11.8 Å². The third kappa shape index (κ3) is 5.87. The van der Waals surface area contributed by atoms with E-state index in [2.05, 4.69) is 15.8 Å². The van der Waals surface area contributed by atoms with Gasteiger partial charge in [-0.3, -0.25) is 14.4 Å². The second-order valence-corrected chi connectivity index (χ2v) is 5.74. The van der Waals surface area contributed by atoms with Crippen LogP contribution < -0.4 is 10.6 Å². The zero-order valence-electron chi connectivity index (χ0n) is 14.2. The van der Waals surface area contributed by atoms with Crippen LogP contribution in [-0.2, 0) is 9.59 Å². The molecule has 0 bridgehead atoms. The minimum absolute atomic E-state index is 0.000550. The summed E-state index contributed by atoms with van der Waals surface area (Å²) >= 11 is 0. The number of anilines is 1. The zero-order valence-corrected chi connectivity index (χ0v) is 14.2. The van der Waals surface area contributed by atoms with E-state index in [0.717, 1.165) is 0 Å². The fourth-order valence-corrected chi connectivity index (χ4v) is 2.22. The number of amides is 2. The molecule has 2 amide bonds. The Kier molecular flexibility index (Phi) is 6.45. The molecule has 0 saturated heterocycles. The number of Topliss-reactive ketones (excluding diaryl/α,β-unsaturated/α-hetero) is 1. The van der Waals surface area contributed by atoms with Crippen LogP contribution in [0.2, 0.25) is 0 Å². The molecular weight excluding hydrogens is 322 g/mol. The molecule has 2 rings (SSSR count). The summed E-state index contributed by atoms with van der Waals surface area (Å²) in [7, 11) is 0. The predicted octanol–water partition coefficient (Wildman–Crippen LogP) is 2.48. The van der Waals surface area contributed by atoms with Gasteiger partial charge in [0.15, 0.2) is 11.6 Å². The van der Waals surface area contributed by atoms with E-state index < -0.39 is 6.04 Å². The van der Waals surface area contributed by atoms with Gasteiger partial charge >= 0.3 is 0 Å². The molecule has 0 aliphatic carbocycles. The van der Waals surface area contributed by atoms with Gasteiger partial charge in [0.05, 0.1) is 0 Å². The third-order valence-electron chi connectivity index (χ3n) is 3.55. The highest BCUT2D eigenvalue weighted by Crippen LogP contribution is 2.08. The van der Waals surface area contributed by atoms with Gasteiger partial charge in [-0.1, -0.05) is 35.5 Å². The highest BCUT2D eigenvalue weighted by Gasteiger charge is 2.17. The number of benzene rings is 1. The Morgan fingerprint density at radius 3 is 2.52 bits per heavy atom. The molecule has 0 aliphatic heterocycles. The van der Waals surface area contributed by atoms with Gasteiger partial charge in [0.25, 0.3) is 0 Å². The maximum atomic E-state index is 12.0. The van der Waals surface area contributed by atoms with Crippen LogP contribution in [0.5, 0.6) is 0 Å². The fourth-order valence-electron chi connectivity index (χ4n) is 2.22. The highest BCUT2D eigenvalue weighted by atomic mass is 16.5. The largest absolute Gasteiger partial charge is 0.360 e. The Balaban J connectivity index is 1.70. The molecule has 0 fully saturated rings. The predicted molar refractivity (Wildman–Crippen MR) is 92.1 cm³/mol. The maximum absolute atomic E-state index is 12.0. The lowest BCUT2D eigenvalue weighted by molar-refractivity contribution is -0.126. The number of hydrogen-bond donors (Lipinski definition) is 2. The Morgan fingerprint density at radius 1 is 1.16 bits per heavy atom. The Bertz CT molecular complexity index is 740. The first-order chi connectivity index (χ1) is 12.0. The highest BCUT2D eigenvalue weighted by molar-refractivity contribution is 5.97. The fraction of sp³-hybridized carbons (Fsp3) is 0.333. The van der Waals surface area contributed by atoms with E-state index in [1.807, 2.05) is 6.07 Å². The summed E-state index contributed by atoms with van der Waals surface area (Å²) in [6.07, 6.45) is 0.895. The first kappa shape index (κ1) is 18.4. The molecule has 1 atom stereocenters. The van der Waals surface area contributed by atoms with E-state index in [0.29, 0.717) is 23.6 Å². The minimum atomic E-state index is -0.714. The van der Waals surface area contributed by atoms with Crippen LogP contribution in [0.1, 0.15) is 42.3 Å². The van der Waals surface area contributed by atoms with E-state index in [9.17, 15) is 14.4 Å². The average molecular weight is 343 g/mol. The molecular formula is C18H21N3O4. The zero-order chi connectivity index (χ0) is 18.2. The molecule has 0 spiro atoms. The number of aromatic nitrogens is 1. The van der Waals surface area contributed by atoms with Crippen LogP contribution in [0.15, 0.2) is 40.9 Å². The van der Waals surface area contributed by atoms with Crippen molar-refractivity contribution >= 4 is 23.4 Å². The third-order valence-corrected chi connectivity index (χ3v) is 3.55. The first-order valence-corrected chi connectivity index (χ1v) is 8.07. The number of ketones is 1. The van der Waals surface area contributed by atoms with Crippen molar-refractivity contribution in [3.63, 3.8) is 0 Å². The van der Waals surface area contributed by atoms with E-state index in [-0.39, 0.29) is 30.4 Å². The minimum Gasteiger partial charge on any atom is -0.360 e. The standard InChI is InChI=1S/C18H21N3O4/c1-12-11-16(21-25-12)20-18(24)13(2)19-17(23)10-6-9-15(22)14-7-4-3-5-8-14/h3-5,7-8,11,13H,6,9-10H2,1-2H3,(H,19,23)(H,20,21,24)/t13-/m1/s1. The summed E-state index contributed by atoms with van der Waals surface area (Å²) in [5, 5.41) is 8.81. The van der Waals surface area contributed by atoms with Crippen LogP contribution in [0.4, 0.5) is 5.82 Å². The van der Waals surface area contributed by atoms with Gasteiger partial charge in [-0.25, -0.2) is 0 Å². The SMILES string of the molecule is Cc1cc(NC(=O)[C@@H](C)NC(=O)CCCC(=O)c2ccccc2)no1. The second-order valence-electron chi connectivity index (χ2n) is 5.74. The Labute approximate surface area is 145 Å². The van der Waals surface area contributed by atoms with Crippen molar-refractivity contribution in [1.29, 1.82) is 0 Å². The molecule has 0 radical (unpaired) electrons. The first-order valence-electron chi connectivity index (χ1n) is 8.07. The van der Waals surface area contributed by atoms with E-state index >= 15 is 0 Å². The lowest BCUT2D eigenvalue weighted by Gasteiger charge is -2.12. The average Bonchev–Trinajstić information content (AvgIpc) is 3.00. The van der Waals surface area contributed by atoms with Gasteiger partial charge in [-0.15, -0.1) is 0 Å². The van der Waals surface area contributed by atoms with Crippen molar-refractivity contribution in [2.75, 3.05) is 5.32 Å². The molecule has 7 heteroatoms. The van der Waals surface area contributed by atoms with Crippen molar-refractivity contribution < 1.29 is 18.9 Å². The second kappa shape index (κ2) is 8.77. The van der Waals surface area contributed by atoms with Crippen molar-refractivity contribution in [3.8, 4) is 0 Å². The van der Waals surface area contributed by atoms with Crippen LogP contribution in [-0.4, -0.2) is 28.8 Å². The Hall–Kier alpha value is -2.96. The quantitative estimate of drug-likeness (QED) is 0.717. The number of nitrogens with one attached hydrogen (secondary N) is 2. The molecule has 2 N–H and O–H groups in total. The van der Waals surface area contributed by atoms with Crippen molar-refractivity contribution in [1.82, 2.24) is 10.5 Å². The monoisotopic (exact) mass is 343 g/mol. The molecule has 1 aromatic heterocycles. The van der Waals surface area contributed by atoms with Gasteiger partial charge in [0.2, 0.25) is 11.8 Å². The smallest absolute Gasteiger partial charge is 0.247 e. The molecule has 132 valence electrons. The van der Waals surface area contributed by atoms with Crippen LogP contribution in [0, 0.1) is 6.92 Å². The number of carbonyl (C=O) groups is 3. The van der Waals surface area contributed by atoms with E-state index in [1.54, 1.807) is 44.2 Å². The molecule has 7 nitrogen and oxygen atoms in total. The van der Waals surface area contributed by atoms with E-state index in [4.69, 9.17) is 4.52 Å². The van der Waals surface area contributed by atoms with Gasteiger partial charge in [0, 0.05) is 24.5 Å². The molecule has 0 unspecified atom stereocenters. The van der Waals surface area contributed by atoms with Gasteiger partial charge in [-0.2, -0.15) is 0 Å². The number of nitrogens with zero attached hydrogens (tertiary/aromatic N) is 1. The van der Waals surface area contributed by atoms with Crippen molar-refractivity contribution in [2.45, 2.75) is 39.2 Å². The summed E-state index contributed by atoms with van der Waals surface area (Å²) in [5.41, 5.74) is 0.638. The Morgan fingerprint density at radius 2 is 1.88 bits per heavy atom. The summed E-state index contributed by atoms with van der Waals surface area (Å²) in [5.74, 6) is 0.217. The summed E-state index contributed by atoms with van der Waals surface area (Å²) in [6, 6.07) is 9.82. The molecule has 1 heterocycles. The van der Waals surface area contributed by atoms with Crippen molar-refractivity contribution in [2.24, 2.45) is 0 Å². The van der Waals surface area contributed by atoms with E-state index in [1.165, 1.54) is 0 Å². The summed E-state index contributed by atoms with van der Waals surface area (Å²) in [4.78, 5) is 35.8. The number of hydrogen-bond acceptors (Lipinski definition) is 5. The number of carbonyl (C=O) groups excluding carboxylic acids is 3. The molecule has 25 heavy (non-hydrogen) atoms. The number of aryl methyl sites for hydroxylation is 1. The lowest BCUT2D eigenvalue weighted by atomic mass is 10.1. The van der Waals surface area contributed by atoms with Gasteiger partial charge in [-0.05, 0) is 20.3 Å². The summed E-state index contributed by atoms with van der Waals surface area (Å²) < 4.78 is 4.85. The molecule has 2 aromatic rings. The molecule has 0 saturated carbocycles. The maximum Gasteiger partial charge on any atom is 0.247 e. The normalized spacial score (nSPS) is 11.6. The van der Waals surface area contributed by atoms with Crippen LogP contribution in [0.3, 0.4) is 0 Å². The molecule has 0 aliphatic rings. The topological polar surface area (TPSA) is 101 Å². The van der Waals surface area contributed by atoms with Crippen LogP contribution >= 0.6 is 0 Å².